The van der Waals surface area contributed by atoms with Gasteiger partial charge in [0.15, 0.2) is 11.5 Å². The van der Waals surface area contributed by atoms with Crippen molar-refractivity contribution in [3.05, 3.63) is 48.5 Å². The molecule has 0 aliphatic heterocycles. The molecular weight excluding hydrogens is 409 g/mol. The molecule has 0 bridgehead atoms. The summed E-state index contributed by atoms with van der Waals surface area (Å²) < 4.78 is 24.3. The molecule has 4 rings (SSSR count). The molecule has 0 saturated heterocycles. The van der Waals surface area contributed by atoms with Crippen molar-refractivity contribution in [1.82, 2.24) is 19.5 Å². The van der Waals surface area contributed by atoms with Crippen LogP contribution in [0, 0.1) is 11.8 Å². The van der Waals surface area contributed by atoms with Crippen LogP contribution in [0.5, 0.6) is 0 Å². The number of anilines is 1. The Morgan fingerprint density at radius 3 is 2.77 bits per heavy atom. The van der Waals surface area contributed by atoms with E-state index in [4.69, 9.17) is 14.8 Å². The van der Waals surface area contributed by atoms with Crippen molar-refractivity contribution in [2.75, 3.05) is 25.6 Å². The van der Waals surface area contributed by atoms with Gasteiger partial charge in [-0.1, -0.05) is 30.3 Å². The monoisotopic (exact) mass is 433 g/mol. The normalized spacial score (nSPS) is 23.2. The minimum Gasteiger partial charge on any atom is -0.396 e. The molecule has 1 aromatic carbocycles. The second-order valence-electron chi connectivity index (χ2n) is 7.33. The smallest absolute Gasteiger partial charge is 0.396 e. The lowest BCUT2D eigenvalue weighted by molar-refractivity contribution is -0.00796. The number of phosphoric acid groups is 1. The molecule has 0 radical (unpaired) electrons. The largest absolute Gasteiger partial charge is 0.472 e. The number of benzene rings is 1. The van der Waals surface area contributed by atoms with Gasteiger partial charge in [0.2, 0.25) is 0 Å². The van der Waals surface area contributed by atoms with E-state index in [1.807, 2.05) is 34.9 Å². The van der Waals surface area contributed by atoms with Gasteiger partial charge in [0.05, 0.1) is 19.5 Å². The maximum Gasteiger partial charge on any atom is 0.472 e. The summed E-state index contributed by atoms with van der Waals surface area (Å²) in [5.74, 6) is 0.0464. The number of imidazole rings is 1. The van der Waals surface area contributed by atoms with Crippen molar-refractivity contribution in [3.8, 4) is 0 Å². The Hall–Kier alpha value is -2.36. The van der Waals surface area contributed by atoms with Gasteiger partial charge in [0.1, 0.15) is 11.8 Å². The lowest BCUT2D eigenvalue weighted by Crippen LogP contribution is -2.42. The van der Waals surface area contributed by atoms with E-state index in [1.165, 1.54) is 6.33 Å². The quantitative estimate of drug-likeness (QED) is 0.431. The van der Waals surface area contributed by atoms with Crippen molar-refractivity contribution in [2.45, 2.75) is 18.9 Å². The summed E-state index contributed by atoms with van der Waals surface area (Å²) in [4.78, 5) is 22.4. The molecule has 4 unspecified atom stereocenters. The first-order chi connectivity index (χ1) is 14.5. The molecular formula is C19H24N5O5P. The molecule has 4 N–H and O–H groups in total. The molecule has 0 amide bonds. The highest BCUT2D eigenvalue weighted by molar-refractivity contribution is 7.47. The summed E-state index contributed by atoms with van der Waals surface area (Å²) in [5, 5.41) is 9.84. The van der Waals surface area contributed by atoms with Crippen LogP contribution >= 0.6 is 7.82 Å². The third-order valence-electron chi connectivity index (χ3n) is 5.54. The molecule has 2 heterocycles. The fraction of sp³-hybridized carbons (Fsp3) is 0.421. The van der Waals surface area contributed by atoms with E-state index in [1.54, 1.807) is 6.33 Å². The highest BCUT2D eigenvalue weighted by atomic mass is 31.2. The van der Waals surface area contributed by atoms with Gasteiger partial charge in [-0.2, -0.15) is 0 Å². The van der Waals surface area contributed by atoms with Gasteiger partial charge in [-0.25, -0.2) is 19.5 Å². The van der Waals surface area contributed by atoms with Crippen molar-refractivity contribution in [2.24, 2.45) is 11.8 Å². The molecule has 3 aromatic rings. The molecule has 0 spiro atoms. The van der Waals surface area contributed by atoms with Crippen LogP contribution in [0.25, 0.3) is 11.2 Å². The summed E-state index contributed by atoms with van der Waals surface area (Å²) in [5.41, 5.74) is 7.95. The third-order valence-corrected chi connectivity index (χ3v) is 6.52. The highest BCUT2D eigenvalue weighted by Gasteiger charge is 2.43. The molecule has 1 fully saturated rings. The third kappa shape index (κ3) is 4.38. The average Bonchev–Trinajstić information content (AvgIpc) is 3.13. The first-order valence-electron chi connectivity index (χ1n) is 9.68. The number of aliphatic hydroxyl groups excluding tert-OH is 1. The summed E-state index contributed by atoms with van der Waals surface area (Å²) >= 11 is 0. The van der Waals surface area contributed by atoms with Gasteiger partial charge in [-0.05, 0) is 24.3 Å². The van der Waals surface area contributed by atoms with E-state index in [0.29, 0.717) is 29.8 Å². The van der Waals surface area contributed by atoms with Crippen LogP contribution in [-0.4, -0.2) is 49.3 Å². The second-order valence-corrected chi connectivity index (χ2v) is 8.78. The Kier molecular flexibility index (Phi) is 6.12. The Labute approximate surface area is 173 Å². The maximum absolute atomic E-state index is 12.2. The summed E-state index contributed by atoms with van der Waals surface area (Å²) in [6, 6.07) is 9.49. The number of hydrogen-bond acceptors (Lipinski definition) is 8. The summed E-state index contributed by atoms with van der Waals surface area (Å²) in [6.07, 6.45) is 4.16. The first-order valence-corrected chi connectivity index (χ1v) is 11.2. The first kappa shape index (κ1) is 20.9. The summed E-state index contributed by atoms with van der Waals surface area (Å²) in [7, 11) is -4.16. The molecule has 1 aliphatic rings. The van der Waals surface area contributed by atoms with Crippen LogP contribution in [0.3, 0.4) is 0 Å². The Bertz CT molecular complexity index is 1050. The molecule has 4 atom stereocenters. The number of hydrogen-bond donors (Lipinski definition) is 3. The predicted molar refractivity (Wildman–Crippen MR) is 109 cm³/mol. The Morgan fingerprint density at radius 2 is 2.00 bits per heavy atom. The molecule has 10 nitrogen and oxygen atoms in total. The van der Waals surface area contributed by atoms with Crippen LogP contribution in [0.2, 0.25) is 0 Å². The van der Waals surface area contributed by atoms with E-state index in [9.17, 15) is 14.6 Å². The van der Waals surface area contributed by atoms with Gasteiger partial charge in [-0.3, -0.25) is 9.05 Å². The number of nitrogen functional groups attached to an aromatic ring is 1. The van der Waals surface area contributed by atoms with Gasteiger partial charge < -0.3 is 20.3 Å². The van der Waals surface area contributed by atoms with E-state index in [2.05, 4.69) is 15.0 Å². The Morgan fingerprint density at radius 1 is 1.20 bits per heavy atom. The van der Waals surface area contributed by atoms with Crippen LogP contribution in [-0.2, 0) is 20.0 Å². The maximum atomic E-state index is 12.2. The fourth-order valence-corrected chi connectivity index (χ4v) is 4.60. The van der Waals surface area contributed by atoms with Crippen LogP contribution in [0.1, 0.15) is 18.0 Å². The standard InChI is InChI=1S/C19H24N5O5P/c20-18-17-19(22-11-21-18)24(12-23-17)16-8-14(15(16)9-25)10-29-30(26,27)28-7-6-13-4-2-1-3-5-13/h1-5,11-12,14-16,25H,6-10H2,(H,26,27)(H2,20,21,22). The number of fused-ring (bicyclic) bond motifs is 1. The topological polar surface area (TPSA) is 146 Å². The number of nitrogens with zero attached hydrogens (tertiary/aromatic N) is 4. The second kappa shape index (κ2) is 8.79. The lowest BCUT2D eigenvalue weighted by Gasteiger charge is -2.44. The minimum atomic E-state index is -4.16. The molecule has 1 saturated carbocycles. The van der Waals surface area contributed by atoms with Crippen LogP contribution in [0.15, 0.2) is 43.0 Å². The van der Waals surface area contributed by atoms with Gasteiger partial charge >= 0.3 is 7.82 Å². The molecule has 11 heteroatoms. The van der Waals surface area contributed by atoms with Gasteiger partial charge in [-0.15, -0.1) is 0 Å². The van der Waals surface area contributed by atoms with Gasteiger partial charge in [0, 0.05) is 18.6 Å². The van der Waals surface area contributed by atoms with Crippen molar-refractivity contribution >= 4 is 24.8 Å². The number of nitrogens with two attached hydrogens (primary N) is 1. The lowest BCUT2D eigenvalue weighted by atomic mass is 9.70. The zero-order valence-corrected chi connectivity index (χ0v) is 17.1. The van der Waals surface area contributed by atoms with Crippen molar-refractivity contribution in [3.63, 3.8) is 0 Å². The molecule has 2 aromatic heterocycles. The van der Waals surface area contributed by atoms with E-state index in [-0.39, 0.29) is 37.7 Å². The zero-order chi connectivity index (χ0) is 21.1. The molecule has 160 valence electrons. The molecule has 30 heavy (non-hydrogen) atoms. The number of aromatic nitrogens is 4. The number of phosphoric ester groups is 1. The van der Waals surface area contributed by atoms with Crippen LogP contribution in [0.4, 0.5) is 5.82 Å². The highest BCUT2D eigenvalue weighted by Crippen LogP contribution is 2.49. The minimum absolute atomic E-state index is 0.0184. The average molecular weight is 433 g/mol. The SMILES string of the molecule is Nc1ncnc2c1ncn2C1CC(COP(=O)(O)OCCc2ccccc2)C1CO. The van der Waals surface area contributed by atoms with E-state index in [0.717, 1.165) is 5.56 Å². The van der Waals surface area contributed by atoms with Crippen LogP contribution < -0.4 is 5.73 Å². The van der Waals surface area contributed by atoms with E-state index < -0.39 is 7.82 Å². The summed E-state index contributed by atoms with van der Waals surface area (Å²) in [6.45, 7) is 0.00475. The Balaban J connectivity index is 1.31. The van der Waals surface area contributed by atoms with Gasteiger partial charge in [0.25, 0.3) is 0 Å². The van der Waals surface area contributed by atoms with Crippen molar-refractivity contribution in [1.29, 1.82) is 0 Å². The van der Waals surface area contributed by atoms with E-state index >= 15 is 0 Å². The van der Waals surface area contributed by atoms with Crippen molar-refractivity contribution < 1.29 is 23.6 Å². The number of rotatable bonds is 9. The molecule has 1 aliphatic carbocycles. The zero-order valence-electron chi connectivity index (χ0n) is 16.2. The predicted octanol–water partition coefficient (Wildman–Crippen LogP) is 1.95. The number of aliphatic hydroxyl groups is 1. The fourth-order valence-electron chi connectivity index (χ4n) is 3.82.